The molecule has 0 fully saturated rings. The summed E-state index contributed by atoms with van der Waals surface area (Å²) in [7, 11) is 0. The molecule has 0 aliphatic rings. The SMILES string of the molecule is C[C@H](O)c1ccc(C(F)(F)F)cc1C(F)(F)F. The van der Waals surface area contributed by atoms with Crippen molar-refractivity contribution in [3.05, 3.63) is 34.9 Å². The van der Waals surface area contributed by atoms with E-state index in [1.54, 1.807) is 0 Å². The van der Waals surface area contributed by atoms with Crippen LogP contribution >= 0.6 is 0 Å². The Labute approximate surface area is 92.7 Å². The van der Waals surface area contributed by atoms with E-state index in [0.29, 0.717) is 12.1 Å². The highest BCUT2D eigenvalue weighted by Crippen LogP contribution is 2.38. The van der Waals surface area contributed by atoms with Gasteiger partial charge in [0.2, 0.25) is 0 Å². The van der Waals surface area contributed by atoms with Crippen molar-refractivity contribution in [2.45, 2.75) is 25.4 Å². The number of rotatable bonds is 1. The summed E-state index contributed by atoms with van der Waals surface area (Å²) < 4.78 is 74.3. The number of hydrogen-bond donors (Lipinski definition) is 1. The lowest BCUT2D eigenvalue weighted by atomic mass is 9.99. The first-order chi connectivity index (χ1) is 7.53. The standard InChI is InChI=1S/C10H8F6O/c1-5(17)7-3-2-6(9(11,12)13)4-8(7)10(14,15)16/h2-5,17H,1H3/t5-/m0/s1. The fourth-order valence-electron chi connectivity index (χ4n) is 1.34. The highest BCUT2D eigenvalue weighted by Gasteiger charge is 2.38. The molecule has 0 unspecified atom stereocenters. The van der Waals surface area contributed by atoms with Gasteiger partial charge in [0.25, 0.3) is 0 Å². The smallest absolute Gasteiger partial charge is 0.389 e. The van der Waals surface area contributed by atoms with Crippen molar-refractivity contribution in [3.8, 4) is 0 Å². The summed E-state index contributed by atoms with van der Waals surface area (Å²) in [5.41, 5.74) is -3.44. The van der Waals surface area contributed by atoms with Crippen molar-refractivity contribution in [3.63, 3.8) is 0 Å². The van der Waals surface area contributed by atoms with Gasteiger partial charge in [-0.2, -0.15) is 26.3 Å². The lowest BCUT2D eigenvalue weighted by Gasteiger charge is -2.17. The first-order valence-corrected chi connectivity index (χ1v) is 4.50. The molecule has 1 N–H and O–H groups in total. The summed E-state index contributed by atoms with van der Waals surface area (Å²) in [5, 5.41) is 9.08. The summed E-state index contributed by atoms with van der Waals surface area (Å²) in [5.74, 6) is 0. The molecule has 0 aliphatic heterocycles. The molecular weight excluding hydrogens is 250 g/mol. The van der Waals surface area contributed by atoms with Gasteiger partial charge in [-0.15, -0.1) is 0 Å². The monoisotopic (exact) mass is 258 g/mol. The molecule has 96 valence electrons. The van der Waals surface area contributed by atoms with Crippen molar-refractivity contribution in [2.24, 2.45) is 0 Å². The van der Waals surface area contributed by atoms with Gasteiger partial charge in [0.1, 0.15) is 0 Å². The van der Waals surface area contributed by atoms with Crippen molar-refractivity contribution in [1.82, 2.24) is 0 Å². The van der Waals surface area contributed by atoms with E-state index >= 15 is 0 Å². The van der Waals surface area contributed by atoms with Gasteiger partial charge in [0.05, 0.1) is 17.2 Å². The number of aliphatic hydroxyl groups is 1. The Morgan fingerprint density at radius 1 is 1.00 bits per heavy atom. The molecule has 0 bridgehead atoms. The zero-order valence-corrected chi connectivity index (χ0v) is 8.52. The third-order valence-corrected chi connectivity index (χ3v) is 2.14. The molecule has 1 aromatic rings. The number of benzene rings is 1. The van der Waals surface area contributed by atoms with Crippen LogP contribution in [-0.2, 0) is 12.4 Å². The van der Waals surface area contributed by atoms with E-state index in [0.717, 1.165) is 6.92 Å². The maximum atomic E-state index is 12.5. The minimum atomic E-state index is -4.94. The van der Waals surface area contributed by atoms with E-state index in [-0.39, 0.29) is 6.07 Å². The van der Waals surface area contributed by atoms with Crippen molar-refractivity contribution in [1.29, 1.82) is 0 Å². The molecule has 1 rings (SSSR count). The van der Waals surface area contributed by atoms with Gasteiger partial charge in [0.15, 0.2) is 0 Å². The third-order valence-electron chi connectivity index (χ3n) is 2.14. The molecule has 0 heterocycles. The van der Waals surface area contributed by atoms with Crippen LogP contribution in [0, 0.1) is 0 Å². The van der Waals surface area contributed by atoms with Crippen LogP contribution in [0.3, 0.4) is 0 Å². The number of aliphatic hydroxyl groups excluding tert-OH is 1. The van der Waals surface area contributed by atoms with Crippen LogP contribution in [0.1, 0.15) is 29.7 Å². The summed E-state index contributed by atoms with van der Waals surface area (Å²) >= 11 is 0. The predicted molar refractivity (Wildman–Crippen MR) is 47.1 cm³/mol. The molecule has 0 aliphatic carbocycles. The Hall–Kier alpha value is -1.24. The van der Waals surface area contributed by atoms with E-state index in [1.165, 1.54) is 0 Å². The van der Waals surface area contributed by atoms with E-state index < -0.39 is 35.1 Å². The Kier molecular flexibility index (Phi) is 3.42. The third kappa shape index (κ3) is 3.12. The van der Waals surface area contributed by atoms with Crippen LogP contribution in [-0.4, -0.2) is 5.11 Å². The average molecular weight is 258 g/mol. The van der Waals surface area contributed by atoms with E-state index in [2.05, 4.69) is 0 Å². The average Bonchev–Trinajstić information content (AvgIpc) is 2.14. The maximum Gasteiger partial charge on any atom is 0.416 e. The molecule has 7 heteroatoms. The summed E-state index contributed by atoms with van der Waals surface area (Å²) in [6.07, 6.45) is -11.3. The van der Waals surface area contributed by atoms with E-state index in [1.807, 2.05) is 0 Å². The summed E-state index contributed by atoms with van der Waals surface area (Å²) in [6.45, 7) is 1.05. The second kappa shape index (κ2) is 4.21. The van der Waals surface area contributed by atoms with Crippen LogP contribution in [0.2, 0.25) is 0 Å². The van der Waals surface area contributed by atoms with Gasteiger partial charge in [-0.25, -0.2) is 0 Å². The zero-order valence-electron chi connectivity index (χ0n) is 8.52. The predicted octanol–water partition coefficient (Wildman–Crippen LogP) is 3.78. The molecule has 1 atom stereocenters. The van der Waals surface area contributed by atoms with Gasteiger partial charge in [-0.05, 0) is 24.6 Å². The number of halogens is 6. The summed E-state index contributed by atoms with van der Waals surface area (Å²) in [6, 6.07) is 1.15. The number of hydrogen-bond acceptors (Lipinski definition) is 1. The molecular formula is C10H8F6O. The van der Waals surface area contributed by atoms with Crippen LogP contribution in [0.25, 0.3) is 0 Å². The van der Waals surface area contributed by atoms with Gasteiger partial charge < -0.3 is 5.11 Å². The molecule has 0 aromatic heterocycles. The maximum absolute atomic E-state index is 12.5. The molecule has 0 amide bonds. The van der Waals surface area contributed by atoms with Crippen LogP contribution < -0.4 is 0 Å². The van der Waals surface area contributed by atoms with Gasteiger partial charge in [0, 0.05) is 0 Å². The summed E-state index contributed by atoms with van der Waals surface area (Å²) in [4.78, 5) is 0. The van der Waals surface area contributed by atoms with Crippen molar-refractivity contribution >= 4 is 0 Å². The highest BCUT2D eigenvalue weighted by atomic mass is 19.4. The Morgan fingerprint density at radius 3 is 1.88 bits per heavy atom. The van der Waals surface area contributed by atoms with Crippen LogP contribution in [0.15, 0.2) is 18.2 Å². The molecule has 0 spiro atoms. The fraction of sp³-hybridized carbons (Fsp3) is 0.400. The Balaban J connectivity index is 3.41. The zero-order chi connectivity index (χ0) is 13.4. The fourth-order valence-corrected chi connectivity index (χ4v) is 1.34. The molecule has 17 heavy (non-hydrogen) atoms. The molecule has 1 aromatic carbocycles. The normalized spacial score (nSPS) is 14.8. The van der Waals surface area contributed by atoms with Crippen molar-refractivity contribution in [2.75, 3.05) is 0 Å². The minimum absolute atomic E-state index is 0.00204. The molecule has 0 saturated carbocycles. The molecule has 0 saturated heterocycles. The Morgan fingerprint density at radius 2 is 1.53 bits per heavy atom. The topological polar surface area (TPSA) is 20.2 Å². The second-order valence-corrected chi connectivity index (χ2v) is 3.47. The first-order valence-electron chi connectivity index (χ1n) is 4.50. The van der Waals surface area contributed by atoms with Crippen LogP contribution in [0.5, 0.6) is 0 Å². The quantitative estimate of drug-likeness (QED) is 0.760. The van der Waals surface area contributed by atoms with Crippen LogP contribution in [0.4, 0.5) is 26.3 Å². The van der Waals surface area contributed by atoms with Crippen molar-refractivity contribution < 1.29 is 31.4 Å². The number of alkyl halides is 6. The highest BCUT2D eigenvalue weighted by molar-refractivity contribution is 5.36. The van der Waals surface area contributed by atoms with E-state index in [4.69, 9.17) is 5.11 Å². The largest absolute Gasteiger partial charge is 0.416 e. The minimum Gasteiger partial charge on any atom is -0.389 e. The van der Waals surface area contributed by atoms with E-state index in [9.17, 15) is 26.3 Å². The molecule has 1 nitrogen and oxygen atoms in total. The lowest BCUT2D eigenvalue weighted by Crippen LogP contribution is -2.14. The van der Waals surface area contributed by atoms with Gasteiger partial charge >= 0.3 is 12.4 Å². The second-order valence-electron chi connectivity index (χ2n) is 3.47. The molecule has 0 radical (unpaired) electrons. The Bertz CT molecular complexity index is 404. The van der Waals surface area contributed by atoms with Gasteiger partial charge in [-0.3, -0.25) is 0 Å². The first kappa shape index (κ1) is 13.8. The lowest BCUT2D eigenvalue weighted by molar-refractivity contribution is -0.144. The van der Waals surface area contributed by atoms with Gasteiger partial charge in [-0.1, -0.05) is 6.07 Å².